The SMILES string of the molecule is Cc1ccc(CN2C(=O)/C(=C\c3ccc(C(=O)N[C@@H]4CCCC[C@@H]4C)cc3)Sc3ccccc32)cc1. The molecule has 4 nitrogen and oxygen atoms in total. The standard InChI is InChI=1S/C31H32N2O2S/c1-21-11-13-24(14-12-21)20-33-27-9-5-6-10-28(27)36-29(31(33)35)19-23-15-17-25(18-16-23)30(34)32-26-8-4-3-7-22(26)2/h5-6,9-19,22,26H,3-4,7-8,20H2,1-2H3,(H,32,34)/b29-19+/t22-,26+/m0/s1. The Morgan fingerprint density at radius 2 is 1.72 bits per heavy atom. The maximum absolute atomic E-state index is 13.6. The fourth-order valence-electron chi connectivity index (χ4n) is 4.96. The molecule has 2 aliphatic rings. The van der Waals surface area contributed by atoms with Crippen molar-refractivity contribution in [3.63, 3.8) is 0 Å². The van der Waals surface area contributed by atoms with E-state index in [2.05, 4.69) is 49.5 Å². The average molecular weight is 497 g/mol. The van der Waals surface area contributed by atoms with Crippen LogP contribution in [-0.2, 0) is 11.3 Å². The number of carbonyl (C=O) groups excluding carboxylic acids is 2. The van der Waals surface area contributed by atoms with E-state index < -0.39 is 0 Å². The fourth-order valence-corrected chi connectivity index (χ4v) is 6.02. The summed E-state index contributed by atoms with van der Waals surface area (Å²) >= 11 is 1.50. The zero-order valence-corrected chi connectivity index (χ0v) is 21.7. The van der Waals surface area contributed by atoms with Gasteiger partial charge in [0.25, 0.3) is 11.8 Å². The second-order valence-electron chi connectivity index (χ2n) is 9.92. The summed E-state index contributed by atoms with van der Waals surface area (Å²) in [5.41, 5.74) is 4.80. The van der Waals surface area contributed by atoms with Crippen LogP contribution < -0.4 is 10.2 Å². The van der Waals surface area contributed by atoms with Gasteiger partial charge in [0.15, 0.2) is 0 Å². The molecule has 2 atom stereocenters. The Bertz CT molecular complexity index is 1280. The maximum Gasteiger partial charge on any atom is 0.265 e. The summed E-state index contributed by atoms with van der Waals surface area (Å²) < 4.78 is 0. The molecule has 1 fully saturated rings. The number of rotatable bonds is 5. The zero-order valence-electron chi connectivity index (χ0n) is 20.9. The van der Waals surface area contributed by atoms with Crippen molar-refractivity contribution in [2.45, 2.75) is 57.0 Å². The zero-order chi connectivity index (χ0) is 25.1. The minimum Gasteiger partial charge on any atom is -0.349 e. The normalized spacial score (nSPS) is 20.8. The highest BCUT2D eigenvalue weighted by Crippen LogP contribution is 2.42. The van der Waals surface area contributed by atoms with Gasteiger partial charge in [-0.15, -0.1) is 0 Å². The van der Waals surface area contributed by atoms with Crippen molar-refractivity contribution in [2.75, 3.05) is 4.90 Å². The molecule has 0 saturated heterocycles. The molecule has 36 heavy (non-hydrogen) atoms. The van der Waals surface area contributed by atoms with Crippen molar-refractivity contribution in [1.82, 2.24) is 5.32 Å². The monoisotopic (exact) mass is 496 g/mol. The molecule has 1 N–H and O–H groups in total. The van der Waals surface area contributed by atoms with Gasteiger partial charge in [0.2, 0.25) is 0 Å². The second-order valence-corrected chi connectivity index (χ2v) is 11.0. The van der Waals surface area contributed by atoms with E-state index in [0.717, 1.165) is 28.1 Å². The highest BCUT2D eigenvalue weighted by atomic mass is 32.2. The van der Waals surface area contributed by atoms with E-state index >= 15 is 0 Å². The van der Waals surface area contributed by atoms with E-state index in [1.807, 2.05) is 53.4 Å². The van der Waals surface area contributed by atoms with Crippen LogP contribution in [0.2, 0.25) is 0 Å². The van der Waals surface area contributed by atoms with Crippen LogP contribution in [0.25, 0.3) is 6.08 Å². The molecule has 3 aromatic carbocycles. The molecule has 1 aliphatic heterocycles. The first-order chi connectivity index (χ1) is 17.5. The van der Waals surface area contributed by atoms with E-state index in [1.165, 1.54) is 36.6 Å². The van der Waals surface area contributed by atoms with Gasteiger partial charge in [-0.05, 0) is 67.2 Å². The van der Waals surface area contributed by atoms with E-state index in [1.54, 1.807) is 0 Å². The van der Waals surface area contributed by atoms with Crippen molar-refractivity contribution >= 4 is 35.3 Å². The molecule has 0 bridgehead atoms. The highest BCUT2D eigenvalue weighted by Gasteiger charge is 2.29. The van der Waals surface area contributed by atoms with Gasteiger partial charge in [-0.2, -0.15) is 0 Å². The van der Waals surface area contributed by atoms with Gasteiger partial charge in [0, 0.05) is 16.5 Å². The summed E-state index contributed by atoms with van der Waals surface area (Å²) in [5, 5.41) is 3.22. The molecule has 1 aliphatic carbocycles. The summed E-state index contributed by atoms with van der Waals surface area (Å²) in [4.78, 5) is 30.0. The molecule has 2 amide bonds. The first kappa shape index (κ1) is 24.4. The van der Waals surface area contributed by atoms with Crippen molar-refractivity contribution in [3.05, 3.63) is 100.0 Å². The highest BCUT2D eigenvalue weighted by molar-refractivity contribution is 8.04. The van der Waals surface area contributed by atoms with Crippen molar-refractivity contribution in [2.24, 2.45) is 5.92 Å². The third-order valence-electron chi connectivity index (χ3n) is 7.19. The van der Waals surface area contributed by atoms with Crippen LogP contribution in [0.1, 0.15) is 59.7 Å². The lowest BCUT2D eigenvalue weighted by atomic mass is 9.86. The van der Waals surface area contributed by atoms with Crippen LogP contribution in [0.3, 0.4) is 0 Å². The van der Waals surface area contributed by atoms with Crippen molar-refractivity contribution in [3.8, 4) is 0 Å². The number of nitrogens with one attached hydrogen (secondary N) is 1. The number of carbonyl (C=O) groups is 2. The predicted molar refractivity (Wildman–Crippen MR) is 148 cm³/mol. The molecule has 3 aromatic rings. The van der Waals surface area contributed by atoms with Crippen LogP contribution in [0.5, 0.6) is 0 Å². The predicted octanol–water partition coefficient (Wildman–Crippen LogP) is 6.98. The van der Waals surface area contributed by atoms with Crippen LogP contribution >= 0.6 is 11.8 Å². The van der Waals surface area contributed by atoms with E-state index in [-0.39, 0.29) is 17.9 Å². The van der Waals surface area contributed by atoms with Crippen LogP contribution in [0, 0.1) is 12.8 Å². The summed E-state index contributed by atoms with van der Waals surface area (Å²) in [6.07, 6.45) is 6.58. The van der Waals surface area contributed by atoms with Crippen LogP contribution in [0.15, 0.2) is 82.6 Å². The molecular formula is C31H32N2O2S. The van der Waals surface area contributed by atoms with Gasteiger partial charge in [-0.3, -0.25) is 9.59 Å². The Morgan fingerprint density at radius 3 is 2.47 bits per heavy atom. The number of fused-ring (bicyclic) bond motifs is 1. The lowest BCUT2D eigenvalue weighted by molar-refractivity contribution is -0.114. The topological polar surface area (TPSA) is 49.4 Å². The molecule has 0 spiro atoms. The minimum absolute atomic E-state index is 0.00705. The largest absolute Gasteiger partial charge is 0.349 e. The lowest BCUT2D eigenvalue weighted by Crippen LogP contribution is -2.41. The number of benzene rings is 3. The molecule has 5 rings (SSSR count). The maximum atomic E-state index is 13.6. The number of nitrogens with zero attached hydrogens (tertiary/aromatic N) is 1. The molecule has 0 radical (unpaired) electrons. The third-order valence-corrected chi connectivity index (χ3v) is 8.27. The Balaban J connectivity index is 1.35. The number of thioether (sulfide) groups is 1. The van der Waals surface area contributed by atoms with E-state index in [0.29, 0.717) is 22.9 Å². The van der Waals surface area contributed by atoms with Gasteiger partial charge < -0.3 is 10.2 Å². The second kappa shape index (κ2) is 10.8. The first-order valence-electron chi connectivity index (χ1n) is 12.7. The molecule has 184 valence electrons. The van der Waals surface area contributed by atoms with Crippen molar-refractivity contribution in [1.29, 1.82) is 0 Å². The third kappa shape index (κ3) is 5.41. The Hall–Kier alpha value is -3.31. The first-order valence-corrected chi connectivity index (χ1v) is 13.6. The van der Waals surface area contributed by atoms with Gasteiger partial charge >= 0.3 is 0 Å². The Morgan fingerprint density at radius 1 is 1.00 bits per heavy atom. The summed E-state index contributed by atoms with van der Waals surface area (Å²) in [7, 11) is 0. The summed E-state index contributed by atoms with van der Waals surface area (Å²) in [6.45, 7) is 4.80. The number of hydrogen-bond acceptors (Lipinski definition) is 3. The molecule has 0 unspecified atom stereocenters. The lowest BCUT2D eigenvalue weighted by Gasteiger charge is -2.30. The number of para-hydroxylation sites is 1. The number of hydrogen-bond donors (Lipinski definition) is 1. The average Bonchev–Trinajstić information content (AvgIpc) is 2.89. The summed E-state index contributed by atoms with van der Waals surface area (Å²) in [6, 6.07) is 24.2. The fraction of sp³-hybridized carbons (Fsp3) is 0.290. The number of amides is 2. The van der Waals surface area contributed by atoms with Crippen LogP contribution in [0.4, 0.5) is 5.69 Å². The molecule has 5 heteroatoms. The molecule has 1 saturated carbocycles. The number of anilines is 1. The van der Waals surface area contributed by atoms with Gasteiger partial charge in [-0.1, -0.05) is 85.6 Å². The van der Waals surface area contributed by atoms with Gasteiger partial charge in [0.05, 0.1) is 17.1 Å². The number of aryl methyl sites for hydroxylation is 1. The quantitative estimate of drug-likeness (QED) is 0.388. The minimum atomic E-state index is -0.0192. The van der Waals surface area contributed by atoms with E-state index in [9.17, 15) is 9.59 Å². The molecule has 0 aromatic heterocycles. The van der Waals surface area contributed by atoms with Crippen molar-refractivity contribution < 1.29 is 9.59 Å². The summed E-state index contributed by atoms with van der Waals surface area (Å²) in [5.74, 6) is 0.494. The Labute approximate surface area is 217 Å². The van der Waals surface area contributed by atoms with E-state index in [4.69, 9.17) is 0 Å². The molecular weight excluding hydrogens is 464 g/mol. The van der Waals surface area contributed by atoms with Gasteiger partial charge in [-0.25, -0.2) is 0 Å². The molecule has 1 heterocycles. The smallest absolute Gasteiger partial charge is 0.265 e. The van der Waals surface area contributed by atoms with Crippen LogP contribution in [-0.4, -0.2) is 17.9 Å². The Kier molecular flexibility index (Phi) is 7.28. The van der Waals surface area contributed by atoms with Gasteiger partial charge in [0.1, 0.15) is 0 Å².